The van der Waals surface area contributed by atoms with Crippen LogP contribution >= 0.6 is 11.6 Å². The van der Waals surface area contributed by atoms with Gasteiger partial charge in [-0.05, 0) is 34.7 Å². The van der Waals surface area contributed by atoms with Crippen molar-refractivity contribution >= 4 is 17.6 Å². The van der Waals surface area contributed by atoms with Crippen LogP contribution in [0.2, 0.25) is 5.02 Å². The molecule has 1 saturated heterocycles. The first kappa shape index (κ1) is 27.3. The Kier molecular flexibility index (Phi) is 9.75. The van der Waals surface area contributed by atoms with Crippen molar-refractivity contribution in [2.45, 2.75) is 64.3 Å². The molecule has 37 heavy (non-hydrogen) atoms. The zero-order valence-electron chi connectivity index (χ0n) is 21.6. The Morgan fingerprint density at radius 1 is 0.892 bits per heavy atom. The summed E-state index contributed by atoms with van der Waals surface area (Å²) >= 11 is 6.43. The Hall–Kier alpha value is -2.70. The molecule has 5 unspecified atom stereocenters. The van der Waals surface area contributed by atoms with Gasteiger partial charge in [0.25, 0.3) is 0 Å². The van der Waals surface area contributed by atoms with Gasteiger partial charge in [0.1, 0.15) is 12.2 Å². The Bertz CT molecular complexity index is 1140. The van der Waals surface area contributed by atoms with Gasteiger partial charge in [0.15, 0.2) is 0 Å². The lowest BCUT2D eigenvalue weighted by Crippen LogP contribution is -2.51. The topological polar surface area (TPSA) is 54.0 Å². The van der Waals surface area contributed by atoms with Crippen LogP contribution < -0.4 is 0 Å². The summed E-state index contributed by atoms with van der Waals surface area (Å²) in [5.74, 6) is -0.225. The average Bonchev–Trinajstić information content (AvgIpc) is 2.93. The first-order valence-corrected chi connectivity index (χ1v) is 13.2. The molecule has 3 aromatic rings. The molecule has 0 spiro atoms. The number of hydrogen-bond donors (Lipinski definition) is 0. The molecule has 6 heteroatoms. The highest BCUT2D eigenvalue weighted by molar-refractivity contribution is 6.31. The molecule has 3 aromatic carbocycles. The fraction of sp³-hybridized carbons (Fsp3) is 0.387. The van der Waals surface area contributed by atoms with Crippen molar-refractivity contribution in [3.05, 3.63) is 106 Å². The summed E-state index contributed by atoms with van der Waals surface area (Å²) in [4.78, 5) is 12.0. The van der Waals surface area contributed by atoms with Gasteiger partial charge in [0.05, 0.1) is 39.0 Å². The number of halogens is 1. The van der Waals surface area contributed by atoms with Gasteiger partial charge in [0.2, 0.25) is 0 Å². The normalized spacial score (nSPS) is 23.5. The van der Waals surface area contributed by atoms with Crippen LogP contribution in [0.15, 0.2) is 78.9 Å². The summed E-state index contributed by atoms with van der Waals surface area (Å²) in [5, 5.41) is 0.518. The molecule has 4 rings (SSSR count). The number of rotatable bonds is 10. The zero-order valence-corrected chi connectivity index (χ0v) is 22.4. The van der Waals surface area contributed by atoms with Crippen LogP contribution in [-0.4, -0.2) is 31.4 Å². The van der Waals surface area contributed by atoms with Crippen LogP contribution in [0.5, 0.6) is 0 Å². The van der Waals surface area contributed by atoms with Gasteiger partial charge in [-0.1, -0.05) is 98.2 Å². The van der Waals surface area contributed by atoms with Crippen LogP contribution in [0.25, 0.3) is 0 Å². The van der Waals surface area contributed by atoms with Gasteiger partial charge >= 0.3 is 5.97 Å². The summed E-state index contributed by atoms with van der Waals surface area (Å²) in [6, 6.07) is 26.0. The van der Waals surface area contributed by atoms with Gasteiger partial charge in [-0.15, -0.1) is 0 Å². The highest BCUT2D eigenvalue weighted by atomic mass is 35.5. The van der Waals surface area contributed by atoms with E-state index in [0.717, 1.165) is 23.1 Å². The molecule has 0 saturated carbocycles. The molecular formula is C31H35ClO5. The van der Waals surface area contributed by atoms with Gasteiger partial charge in [0, 0.05) is 10.9 Å². The number of hydrogen-bond acceptors (Lipinski definition) is 5. The number of ether oxygens (including phenoxy) is 4. The number of esters is 1. The van der Waals surface area contributed by atoms with E-state index in [4.69, 9.17) is 30.5 Å². The average molecular weight is 523 g/mol. The fourth-order valence-corrected chi connectivity index (χ4v) is 5.09. The first-order valence-electron chi connectivity index (χ1n) is 12.8. The summed E-state index contributed by atoms with van der Waals surface area (Å²) in [7, 11) is 1.37. The van der Waals surface area contributed by atoms with E-state index in [0.29, 0.717) is 23.8 Å². The fourth-order valence-electron chi connectivity index (χ4n) is 4.91. The second-order valence-electron chi connectivity index (χ2n) is 9.49. The smallest absolute Gasteiger partial charge is 0.310 e. The maximum Gasteiger partial charge on any atom is 0.310 e. The number of methoxy groups -OCH3 is 1. The van der Waals surface area contributed by atoms with Crippen LogP contribution in [0, 0.1) is 5.92 Å². The molecule has 1 aliphatic heterocycles. The molecule has 0 radical (unpaired) electrons. The van der Waals surface area contributed by atoms with E-state index < -0.39 is 0 Å². The third-order valence-corrected chi connectivity index (χ3v) is 7.35. The van der Waals surface area contributed by atoms with Gasteiger partial charge < -0.3 is 18.9 Å². The van der Waals surface area contributed by atoms with Gasteiger partial charge in [-0.25, -0.2) is 0 Å². The van der Waals surface area contributed by atoms with E-state index in [2.05, 4.69) is 26.0 Å². The van der Waals surface area contributed by atoms with Crippen molar-refractivity contribution in [1.82, 2.24) is 0 Å². The summed E-state index contributed by atoms with van der Waals surface area (Å²) in [5.41, 5.74) is 3.79. The van der Waals surface area contributed by atoms with E-state index in [1.807, 2.05) is 66.7 Å². The standard InChI is InChI=1S/C31H35ClO5/c1-4-27-21(2)29(35-19-22-11-7-5-8-12-22)31(36-20-23-13-9-6-10-14-23)30(37-27)24-15-16-26(32)25(17-24)18-28(33)34-3/h5-17,21,27,29-31H,4,18-20H2,1-3H3. The second kappa shape index (κ2) is 13.2. The second-order valence-corrected chi connectivity index (χ2v) is 9.90. The summed E-state index contributed by atoms with van der Waals surface area (Å²) in [6.45, 7) is 5.22. The lowest BCUT2D eigenvalue weighted by molar-refractivity contribution is -0.234. The molecule has 5 nitrogen and oxygen atoms in total. The largest absolute Gasteiger partial charge is 0.469 e. The SMILES string of the molecule is CCC1OC(c2ccc(Cl)c(CC(=O)OC)c2)C(OCc2ccccc2)C(OCc2ccccc2)C1C. The number of carbonyl (C=O) groups is 1. The Morgan fingerprint density at radius 2 is 1.49 bits per heavy atom. The van der Waals surface area contributed by atoms with Crippen LogP contribution in [0.1, 0.15) is 48.6 Å². The lowest BCUT2D eigenvalue weighted by Gasteiger charge is -2.46. The molecule has 1 aliphatic rings. The minimum Gasteiger partial charge on any atom is -0.469 e. The van der Waals surface area contributed by atoms with Gasteiger partial charge in [-0.3, -0.25) is 4.79 Å². The molecule has 0 aliphatic carbocycles. The van der Waals surface area contributed by atoms with E-state index in [9.17, 15) is 4.79 Å². The van der Waals surface area contributed by atoms with Crippen molar-refractivity contribution in [2.24, 2.45) is 5.92 Å². The Morgan fingerprint density at radius 3 is 2.05 bits per heavy atom. The van der Waals surface area contributed by atoms with Crippen LogP contribution in [0.4, 0.5) is 0 Å². The number of carbonyl (C=O) groups excluding carboxylic acids is 1. The number of benzene rings is 3. The minimum absolute atomic E-state index is 0.0120. The molecule has 0 amide bonds. The van der Waals surface area contributed by atoms with Crippen LogP contribution in [-0.2, 0) is 43.4 Å². The highest BCUT2D eigenvalue weighted by Crippen LogP contribution is 2.41. The molecule has 0 aromatic heterocycles. The maximum absolute atomic E-state index is 12.0. The highest BCUT2D eigenvalue weighted by Gasteiger charge is 2.45. The molecule has 0 bridgehead atoms. The van der Waals surface area contributed by atoms with E-state index in [1.165, 1.54) is 7.11 Å². The van der Waals surface area contributed by atoms with Crippen molar-refractivity contribution in [1.29, 1.82) is 0 Å². The predicted octanol–water partition coefficient (Wildman–Crippen LogP) is 6.71. The monoisotopic (exact) mass is 522 g/mol. The third-order valence-electron chi connectivity index (χ3n) is 6.98. The van der Waals surface area contributed by atoms with E-state index >= 15 is 0 Å². The lowest BCUT2D eigenvalue weighted by atomic mass is 9.84. The zero-order chi connectivity index (χ0) is 26.2. The molecule has 196 valence electrons. The molecule has 0 N–H and O–H groups in total. The Labute approximate surface area is 224 Å². The summed E-state index contributed by atoms with van der Waals surface area (Å²) < 4.78 is 24.7. The van der Waals surface area contributed by atoms with Gasteiger partial charge in [-0.2, -0.15) is 0 Å². The molecule has 5 atom stereocenters. The van der Waals surface area contributed by atoms with E-state index in [-0.39, 0.29) is 42.7 Å². The van der Waals surface area contributed by atoms with Crippen molar-refractivity contribution in [3.63, 3.8) is 0 Å². The Balaban J connectivity index is 1.67. The molecule has 1 fully saturated rings. The maximum atomic E-state index is 12.0. The molecule has 1 heterocycles. The minimum atomic E-state index is -0.390. The third kappa shape index (κ3) is 6.99. The van der Waals surface area contributed by atoms with Crippen molar-refractivity contribution < 1.29 is 23.7 Å². The first-order chi connectivity index (χ1) is 18.0. The van der Waals surface area contributed by atoms with E-state index in [1.54, 1.807) is 0 Å². The van der Waals surface area contributed by atoms with Crippen molar-refractivity contribution in [2.75, 3.05) is 7.11 Å². The predicted molar refractivity (Wildman–Crippen MR) is 144 cm³/mol. The van der Waals surface area contributed by atoms with Crippen molar-refractivity contribution in [3.8, 4) is 0 Å². The summed E-state index contributed by atoms with van der Waals surface area (Å²) in [6.07, 6.45) is -0.0354. The van der Waals surface area contributed by atoms with Crippen LogP contribution in [0.3, 0.4) is 0 Å². The quantitative estimate of drug-likeness (QED) is 0.277. The molecular weight excluding hydrogens is 488 g/mol.